The van der Waals surface area contributed by atoms with Gasteiger partial charge in [0.15, 0.2) is 0 Å². The smallest absolute Gasteiger partial charge is 0.278 e. The Hall–Kier alpha value is -2.69. The summed E-state index contributed by atoms with van der Waals surface area (Å²) in [6, 6.07) is 13.7. The van der Waals surface area contributed by atoms with E-state index in [4.69, 9.17) is 4.74 Å². The van der Waals surface area contributed by atoms with Crippen LogP contribution in [-0.2, 0) is 0 Å². The lowest BCUT2D eigenvalue weighted by molar-refractivity contribution is -0.385. The fraction of sp³-hybridized carbons (Fsp3) is 0.133. The Morgan fingerprint density at radius 1 is 1.20 bits per heavy atom. The molecule has 0 aromatic heterocycles. The van der Waals surface area contributed by atoms with Gasteiger partial charge >= 0.3 is 0 Å². The summed E-state index contributed by atoms with van der Waals surface area (Å²) >= 11 is 0. The number of nitro benzene ring substituents is 1. The first-order chi connectivity index (χ1) is 9.70. The van der Waals surface area contributed by atoms with Gasteiger partial charge in [-0.3, -0.25) is 15.1 Å². The molecule has 0 atom stereocenters. The van der Waals surface area contributed by atoms with Crippen LogP contribution >= 0.6 is 0 Å². The number of nitrogens with zero attached hydrogens (tertiary/aromatic N) is 2. The molecule has 5 nitrogen and oxygen atoms in total. The van der Waals surface area contributed by atoms with Gasteiger partial charge in [-0.15, -0.1) is 0 Å². The average Bonchev–Trinajstić information content (AvgIpc) is 2.47. The summed E-state index contributed by atoms with van der Waals surface area (Å²) in [7, 11) is 0. The lowest BCUT2D eigenvalue weighted by Crippen LogP contribution is -1.93. The Bertz CT molecular complexity index is 621. The van der Waals surface area contributed by atoms with E-state index in [1.807, 2.05) is 19.1 Å². The van der Waals surface area contributed by atoms with E-state index < -0.39 is 4.92 Å². The number of benzene rings is 2. The normalized spacial score (nSPS) is 10.7. The third-order valence-electron chi connectivity index (χ3n) is 2.63. The van der Waals surface area contributed by atoms with Crippen LogP contribution in [0.3, 0.4) is 0 Å². The molecule has 0 bridgehead atoms. The molecule has 0 N–H and O–H groups in total. The minimum atomic E-state index is -0.417. The summed E-state index contributed by atoms with van der Waals surface area (Å²) in [6.07, 6.45) is 1.49. The average molecular weight is 270 g/mol. The predicted molar refractivity (Wildman–Crippen MR) is 78.0 cm³/mol. The number of para-hydroxylation sites is 1. The summed E-state index contributed by atoms with van der Waals surface area (Å²) in [4.78, 5) is 14.7. The van der Waals surface area contributed by atoms with Crippen molar-refractivity contribution in [2.45, 2.75) is 6.92 Å². The Balaban J connectivity index is 2.19. The molecule has 0 saturated carbocycles. The van der Waals surface area contributed by atoms with Gasteiger partial charge in [-0.2, -0.15) is 0 Å². The molecule has 5 heteroatoms. The van der Waals surface area contributed by atoms with Gasteiger partial charge in [0.05, 0.1) is 22.8 Å². The highest BCUT2D eigenvalue weighted by Crippen LogP contribution is 2.20. The van der Waals surface area contributed by atoms with Crippen molar-refractivity contribution in [3.63, 3.8) is 0 Å². The van der Waals surface area contributed by atoms with E-state index in [0.717, 1.165) is 5.75 Å². The number of hydrogen-bond donors (Lipinski definition) is 0. The van der Waals surface area contributed by atoms with Gasteiger partial charge in [0.1, 0.15) is 5.75 Å². The molecule has 0 saturated heterocycles. The third-order valence-corrected chi connectivity index (χ3v) is 2.63. The zero-order chi connectivity index (χ0) is 14.4. The molecular weight excluding hydrogens is 256 g/mol. The summed E-state index contributed by atoms with van der Waals surface area (Å²) < 4.78 is 5.33. The lowest BCUT2D eigenvalue weighted by atomic mass is 10.2. The molecular formula is C15H14N2O3. The highest BCUT2D eigenvalue weighted by atomic mass is 16.6. The van der Waals surface area contributed by atoms with Crippen LogP contribution in [0.1, 0.15) is 12.5 Å². The minimum Gasteiger partial charge on any atom is -0.494 e. The van der Waals surface area contributed by atoms with Crippen molar-refractivity contribution in [3.05, 3.63) is 64.2 Å². The fourth-order valence-electron chi connectivity index (χ4n) is 1.70. The summed E-state index contributed by atoms with van der Waals surface area (Å²) in [5, 5.41) is 10.9. The molecule has 0 fully saturated rings. The minimum absolute atomic E-state index is 0.0437. The molecule has 2 rings (SSSR count). The van der Waals surface area contributed by atoms with Gasteiger partial charge in [0, 0.05) is 12.3 Å². The standard InChI is InChI=1S/C15H14N2O3/c1-2-20-14-9-7-13(8-10-14)16-11-12-5-3-4-6-15(12)17(18)19/h3-11H,2H2,1H3/b16-11+. The zero-order valence-electron chi connectivity index (χ0n) is 11.0. The number of nitro groups is 1. The topological polar surface area (TPSA) is 64.7 Å². The molecule has 2 aromatic carbocycles. The first-order valence-electron chi connectivity index (χ1n) is 6.21. The van der Waals surface area contributed by atoms with Crippen molar-refractivity contribution >= 4 is 17.6 Å². The van der Waals surface area contributed by atoms with Crippen molar-refractivity contribution in [1.29, 1.82) is 0 Å². The van der Waals surface area contributed by atoms with Crippen LogP contribution in [0.5, 0.6) is 5.75 Å². The van der Waals surface area contributed by atoms with E-state index in [-0.39, 0.29) is 5.69 Å². The molecule has 0 unspecified atom stereocenters. The summed E-state index contributed by atoms with van der Waals surface area (Å²) in [5.41, 5.74) is 1.24. The SMILES string of the molecule is CCOc1ccc(/N=C/c2ccccc2[N+](=O)[O-])cc1. The highest BCUT2D eigenvalue weighted by molar-refractivity contribution is 5.86. The maximum absolute atomic E-state index is 10.9. The Labute approximate surface area is 116 Å². The molecule has 102 valence electrons. The van der Waals surface area contributed by atoms with Gasteiger partial charge in [0.25, 0.3) is 5.69 Å². The first kappa shape index (κ1) is 13.7. The molecule has 2 aromatic rings. The monoisotopic (exact) mass is 270 g/mol. The maximum Gasteiger partial charge on any atom is 0.278 e. The second-order valence-corrected chi connectivity index (χ2v) is 4.00. The van der Waals surface area contributed by atoms with Gasteiger partial charge in [-0.1, -0.05) is 12.1 Å². The van der Waals surface area contributed by atoms with Crippen LogP contribution in [0.2, 0.25) is 0 Å². The van der Waals surface area contributed by atoms with Crippen LogP contribution in [0.4, 0.5) is 11.4 Å². The second-order valence-electron chi connectivity index (χ2n) is 4.00. The van der Waals surface area contributed by atoms with Crippen LogP contribution in [0.25, 0.3) is 0 Å². The van der Waals surface area contributed by atoms with Gasteiger partial charge in [-0.05, 0) is 37.3 Å². The molecule has 0 aliphatic heterocycles. The number of aliphatic imine (C=N–C) groups is 1. The second kappa shape index (κ2) is 6.47. The van der Waals surface area contributed by atoms with E-state index in [2.05, 4.69) is 4.99 Å². The first-order valence-corrected chi connectivity index (χ1v) is 6.21. The predicted octanol–water partition coefficient (Wildman–Crippen LogP) is 3.74. The number of rotatable bonds is 5. The van der Waals surface area contributed by atoms with Crippen molar-refractivity contribution in [1.82, 2.24) is 0 Å². The quantitative estimate of drug-likeness (QED) is 0.472. The molecule has 0 heterocycles. The zero-order valence-corrected chi connectivity index (χ0v) is 11.0. The molecule has 20 heavy (non-hydrogen) atoms. The third kappa shape index (κ3) is 3.41. The Kier molecular flexibility index (Phi) is 4.44. The lowest BCUT2D eigenvalue weighted by Gasteiger charge is -2.02. The van der Waals surface area contributed by atoms with Gasteiger partial charge < -0.3 is 4.74 Å². The highest BCUT2D eigenvalue weighted by Gasteiger charge is 2.09. The Morgan fingerprint density at radius 2 is 1.90 bits per heavy atom. The maximum atomic E-state index is 10.9. The van der Waals surface area contributed by atoms with Crippen molar-refractivity contribution in [2.75, 3.05) is 6.61 Å². The van der Waals surface area contributed by atoms with E-state index in [1.165, 1.54) is 12.3 Å². The van der Waals surface area contributed by atoms with Gasteiger partial charge in [0.2, 0.25) is 0 Å². The van der Waals surface area contributed by atoms with E-state index in [0.29, 0.717) is 17.9 Å². The molecule has 0 spiro atoms. The van der Waals surface area contributed by atoms with Crippen LogP contribution in [0.15, 0.2) is 53.5 Å². The van der Waals surface area contributed by atoms with Crippen molar-refractivity contribution < 1.29 is 9.66 Å². The van der Waals surface area contributed by atoms with E-state index in [1.54, 1.807) is 30.3 Å². The molecule has 0 aliphatic rings. The molecule has 0 radical (unpaired) electrons. The van der Waals surface area contributed by atoms with Crippen LogP contribution in [0, 0.1) is 10.1 Å². The number of ether oxygens (including phenoxy) is 1. The molecule has 0 aliphatic carbocycles. The van der Waals surface area contributed by atoms with Crippen molar-refractivity contribution in [3.8, 4) is 5.75 Å². The largest absolute Gasteiger partial charge is 0.494 e. The van der Waals surface area contributed by atoms with E-state index in [9.17, 15) is 10.1 Å². The molecule has 0 amide bonds. The summed E-state index contributed by atoms with van der Waals surface area (Å²) in [5.74, 6) is 0.775. The van der Waals surface area contributed by atoms with Crippen LogP contribution < -0.4 is 4.74 Å². The number of hydrogen-bond acceptors (Lipinski definition) is 4. The van der Waals surface area contributed by atoms with E-state index >= 15 is 0 Å². The van der Waals surface area contributed by atoms with Crippen molar-refractivity contribution in [2.24, 2.45) is 4.99 Å². The Morgan fingerprint density at radius 3 is 2.55 bits per heavy atom. The van der Waals surface area contributed by atoms with Crippen LogP contribution in [-0.4, -0.2) is 17.7 Å². The van der Waals surface area contributed by atoms with Gasteiger partial charge in [-0.25, -0.2) is 0 Å². The summed E-state index contributed by atoms with van der Waals surface area (Å²) in [6.45, 7) is 2.53. The fourth-order valence-corrected chi connectivity index (χ4v) is 1.70.